The molecule has 0 heterocycles. The molecule has 6 radical (unpaired) electrons. The van der Waals surface area contributed by atoms with E-state index in [0.29, 0.717) is 0 Å². The molecule has 0 nitrogen and oxygen atoms in total. The van der Waals surface area contributed by atoms with Gasteiger partial charge in [-0.05, 0) is 0 Å². The summed E-state index contributed by atoms with van der Waals surface area (Å²) in [5.74, 6) is 0. The minimum atomic E-state index is 0. The second-order valence-corrected chi connectivity index (χ2v) is 0. The third-order valence-electron chi connectivity index (χ3n) is 0. The molecule has 0 aliphatic heterocycles. The molecule has 0 N–H and O–H groups in total. The largest absolute Gasteiger partial charge is 0 e. The van der Waals surface area contributed by atoms with Gasteiger partial charge in [0, 0.05) is 67.5 Å². The molecular weight excluding hydrogens is 240 g/mol. The van der Waals surface area contributed by atoms with Crippen LogP contribution in [-0.4, -0.2) is 11.0 Å². The van der Waals surface area contributed by atoms with E-state index in [1.165, 1.54) is 0 Å². The molecule has 0 aromatic heterocycles. The Labute approximate surface area is 67.0 Å². The van der Waals surface area contributed by atoms with Gasteiger partial charge in [-0.15, -0.1) is 0 Å². The predicted octanol–water partition coefficient (Wildman–Crippen LogP) is -0.388. The molecule has 0 rings (SSSR count). The first-order valence-electron chi connectivity index (χ1n) is 0. The Balaban J connectivity index is 0. The van der Waals surface area contributed by atoms with Crippen molar-refractivity contribution in [2.75, 3.05) is 0 Å². The van der Waals surface area contributed by atoms with Crippen LogP contribution in [0.25, 0.3) is 0 Å². The van der Waals surface area contributed by atoms with Gasteiger partial charge in [0.2, 0.25) is 0 Å². The molecule has 0 atom stereocenters. The van der Waals surface area contributed by atoms with Crippen molar-refractivity contribution in [2.24, 2.45) is 0 Å². The second kappa shape index (κ2) is 20.0. The fourth-order valence-corrected chi connectivity index (χ4v) is 0. The van der Waals surface area contributed by atoms with Crippen LogP contribution in [0, 0.1) is 0 Å². The van der Waals surface area contributed by atoms with Crippen LogP contribution < -0.4 is 0 Å². The number of hydrogen-bond acceptors (Lipinski definition) is 0. The van der Waals surface area contributed by atoms with Crippen LogP contribution in [0.1, 0.15) is 0 Å². The molecule has 0 unspecified atom stereocenters. The van der Waals surface area contributed by atoms with Gasteiger partial charge in [-0.2, -0.15) is 0 Å². The monoisotopic (exact) mass is 240 g/mol. The van der Waals surface area contributed by atoms with Crippen LogP contribution in [0.2, 0.25) is 0 Å². The average Bonchev–Trinajstić information content (AvgIpc) is 0. The van der Waals surface area contributed by atoms with E-state index in [1.54, 1.807) is 0 Å². The Kier molecular flexibility index (Phi) is 188. The van der Waals surface area contributed by atoms with Crippen LogP contribution in [0.5, 0.6) is 0 Å². The van der Waals surface area contributed by atoms with Crippen LogP contribution in [0.4, 0.5) is 0 Å². The quantitative estimate of drug-likeness (QED) is 0.506. The Morgan fingerprint density at radius 1 is 1.00 bits per heavy atom. The van der Waals surface area contributed by atoms with Crippen LogP contribution >= 0.6 is 0 Å². The van der Waals surface area contributed by atoms with Crippen LogP contribution in [-0.2, 0) is 56.5 Å². The molecular formula is CuFeNbSi. The van der Waals surface area contributed by atoms with Crippen molar-refractivity contribution in [2.45, 2.75) is 0 Å². The van der Waals surface area contributed by atoms with Gasteiger partial charge in [-0.25, -0.2) is 0 Å². The molecule has 0 aliphatic rings. The summed E-state index contributed by atoms with van der Waals surface area (Å²) >= 11 is 0. The third-order valence-corrected chi connectivity index (χ3v) is 0. The molecule has 0 amide bonds. The summed E-state index contributed by atoms with van der Waals surface area (Å²) in [6.45, 7) is 0. The summed E-state index contributed by atoms with van der Waals surface area (Å²) in [5, 5.41) is 0. The number of hydrogen-bond donors (Lipinski definition) is 0. The maximum Gasteiger partial charge on any atom is 0 e. The van der Waals surface area contributed by atoms with Crippen LogP contribution in [0.15, 0.2) is 0 Å². The maximum atomic E-state index is 0. The Hall–Kier alpha value is 2.00. The first-order valence-corrected chi connectivity index (χ1v) is 0. The van der Waals surface area contributed by atoms with Crippen molar-refractivity contribution in [3.8, 4) is 0 Å². The van der Waals surface area contributed by atoms with E-state index in [0.717, 1.165) is 0 Å². The normalized spacial score (nSPS) is 0. The molecule has 0 saturated carbocycles. The third kappa shape index (κ3) is 9.00. The van der Waals surface area contributed by atoms with Gasteiger partial charge in [0.15, 0.2) is 0 Å². The molecule has 0 spiro atoms. The topological polar surface area (TPSA) is 0 Å². The smallest absolute Gasteiger partial charge is 0 e. The van der Waals surface area contributed by atoms with E-state index in [4.69, 9.17) is 0 Å². The zero-order valence-electron chi connectivity index (χ0n) is 1.60. The molecule has 0 aliphatic carbocycles. The van der Waals surface area contributed by atoms with Gasteiger partial charge in [-0.1, -0.05) is 0 Å². The maximum absolute atomic E-state index is 0. The van der Waals surface area contributed by atoms with Gasteiger partial charge in [0.25, 0.3) is 0 Å². The minimum absolute atomic E-state index is 0. The molecule has 4 heavy (non-hydrogen) atoms. The summed E-state index contributed by atoms with van der Waals surface area (Å²) in [6, 6.07) is 0. The van der Waals surface area contributed by atoms with Crippen molar-refractivity contribution >= 4 is 11.0 Å². The van der Waals surface area contributed by atoms with Gasteiger partial charge in [0.05, 0.1) is 0 Å². The zero-order chi connectivity index (χ0) is 0. The average molecular weight is 240 g/mol. The molecule has 0 fully saturated rings. The molecule has 4 heteroatoms. The number of rotatable bonds is 0. The van der Waals surface area contributed by atoms with Gasteiger partial charge in [-0.3, -0.25) is 0 Å². The fraction of sp³-hybridized carbons (Fsp3) is 0. The van der Waals surface area contributed by atoms with E-state index in [2.05, 4.69) is 0 Å². The molecule has 0 aromatic rings. The molecule has 0 bridgehead atoms. The van der Waals surface area contributed by atoms with E-state index >= 15 is 0 Å². The van der Waals surface area contributed by atoms with E-state index in [-0.39, 0.29) is 67.5 Å². The van der Waals surface area contributed by atoms with Crippen molar-refractivity contribution in [1.82, 2.24) is 0 Å². The second-order valence-electron chi connectivity index (χ2n) is 0. The Morgan fingerprint density at radius 3 is 1.00 bits per heavy atom. The van der Waals surface area contributed by atoms with Crippen molar-refractivity contribution in [3.05, 3.63) is 0 Å². The minimum Gasteiger partial charge on any atom is 0 e. The van der Waals surface area contributed by atoms with E-state index in [1.807, 2.05) is 0 Å². The standard InChI is InChI=1S/Cu.Fe.Nb.Si. The van der Waals surface area contributed by atoms with Crippen LogP contribution in [0.3, 0.4) is 0 Å². The first-order chi connectivity index (χ1) is 0. The van der Waals surface area contributed by atoms with Crippen molar-refractivity contribution in [1.29, 1.82) is 0 Å². The predicted molar refractivity (Wildman–Crippen MR) is 5.75 cm³/mol. The summed E-state index contributed by atoms with van der Waals surface area (Å²) in [7, 11) is 0. The van der Waals surface area contributed by atoms with Gasteiger partial charge < -0.3 is 0 Å². The zero-order valence-corrected chi connectivity index (χ0v) is 6.85. The van der Waals surface area contributed by atoms with E-state index < -0.39 is 0 Å². The SMILES string of the molecule is [Cu].[Fe].[Nb].[Si]. The summed E-state index contributed by atoms with van der Waals surface area (Å²) in [4.78, 5) is 0. The van der Waals surface area contributed by atoms with E-state index in [9.17, 15) is 0 Å². The molecule has 0 aromatic carbocycles. The molecule has 28 valence electrons. The van der Waals surface area contributed by atoms with Gasteiger partial charge >= 0.3 is 0 Å². The van der Waals surface area contributed by atoms with Crippen molar-refractivity contribution in [3.63, 3.8) is 0 Å². The fourth-order valence-electron chi connectivity index (χ4n) is 0. The summed E-state index contributed by atoms with van der Waals surface area (Å²) in [6.07, 6.45) is 0. The summed E-state index contributed by atoms with van der Waals surface area (Å²) in [5.41, 5.74) is 0. The Bertz CT molecular complexity index is 8.00. The first kappa shape index (κ1) is 37.6. The van der Waals surface area contributed by atoms with Gasteiger partial charge in [0.1, 0.15) is 0 Å². The molecule has 0 saturated heterocycles. The summed E-state index contributed by atoms with van der Waals surface area (Å²) < 4.78 is 0. The van der Waals surface area contributed by atoms with Crippen molar-refractivity contribution < 1.29 is 56.5 Å². The Morgan fingerprint density at radius 2 is 1.00 bits per heavy atom.